The Kier molecular flexibility index (Phi) is 2.09. The molecule has 62 valence electrons. The molecule has 0 spiro atoms. The molecule has 0 heterocycles. The van der Waals surface area contributed by atoms with Crippen molar-refractivity contribution in [2.45, 2.75) is 0 Å². The highest BCUT2D eigenvalue weighted by Crippen LogP contribution is 2.14. The number of hydrogen-bond acceptors (Lipinski definition) is 4. The molecule has 0 radical (unpaired) electrons. The first-order valence-corrected chi connectivity index (χ1v) is 3.22. The minimum Gasteiger partial charge on any atom is -0.545 e. The molecule has 0 atom stereocenters. The van der Waals surface area contributed by atoms with E-state index in [1.807, 2.05) is 0 Å². The fourth-order valence-electron chi connectivity index (χ4n) is 0.864. The van der Waals surface area contributed by atoms with Gasteiger partial charge in [-0.1, -0.05) is 12.1 Å². The molecular formula is C8H6NO3-. The Hall–Kier alpha value is -1.84. The maximum atomic E-state index is 10.4. The standard InChI is InChI=1S/C8H7NO3/c9-7-5(4-10)2-1-3-6(7)8(11)12/h1-4H,9H2,(H,11,12)/p-1. The Bertz CT molecular complexity index is 333. The van der Waals surface area contributed by atoms with Crippen LogP contribution in [0.3, 0.4) is 0 Å². The van der Waals surface area contributed by atoms with E-state index in [0.717, 1.165) is 0 Å². The van der Waals surface area contributed by atoms with E-state index in [2.05, 4.69) is 0 Å². The summed E-state index contributed by atoms with van der Waals surface area (Å²) in [6, 6.07) is 4.16. The van der Waals surface area contributed by atoms with Gasteiger partial charge in [-0.25, -0.2) is 0 Å². The molecule has 0 aliphatic heterocycles. The number of carbonyl (C=O) groups is 2. The molecule has 1 aromatic rings. The topological polar surface area (TPSA) is 83.2 Å². The number of hydrogen-bond donors (Lipinski definition) is 1. The van der Waals surface area contributed by atoms with Gasteiger partial charge in [-0.05, 0) is 6.07 Å². The minimum atomic E-state index is -1.38. The van der Waals surface area contributed by atoms with Gasteiger partial charge in [0.15, 0.2) is 6.29 Å². The molecule has 0 amide bonds. The van der Waals surface area contributed by atoms with Gasteiger partial charge in [0, 0.05) is 11.1 Å². The van der Waals surface area contributed by atoms with Crippen molar-refractivity contribution in [3.8, 4) is 0 Å². The zero-order valence-electron chi connectivity index (χ0n) is 6.11. The number of anilines is 1. The number of carbonyl (C=O) groups excluding carboxylic acids is 2. The monoisotopic (exact) mass is 164 g/mol. The van der Waals surface area contributed by atoms with Gasteiger partial charge in [-0.3, -0.25) is 4.79 Å². The zero-order chi connectivity index (χ0) is 9.14. The third kappa shape index (κ3) is 1.27. The van der Waals surface area contributed by atoms with Crippen LogP contribution in [0.15, 0.2) is 18.2 Å². The van der Waals surface area contributed by atoms with Gasteiger partial charge >= 0.3 is 0 Å². The lowest BCUT2D eigenvalue weighted by Gasteiger charge is -2.06. The van der Waals surface area contributed by atoms with Crippen LogP contribution >= 0.6 is 0 Å². The smallest absolute Gasteiger partial charge is 0.152 e. The van der Waals surface area contributed by atoms with Crippen LogP contribution in [0.2, 0.25) is 0 Å². The number of aldehydes is 1. The second-order valence-electron chi connectivity index (χ2n) is 2.21. The molecule has 0 aliphatic carbocycles. The molecule has 0 aliphatic rings. The summed E-state index contributed by atoms with van der Waals surface area (Å²) < 4.78 is 0. The van der Waals surface area contributed by atoms with Gasteiger partial charge in [0.1, 0.15) is 0 Å². The predicted molar refractivity (Wildman–Crippen MR) is 40.6 cm³/mol. The summed E-state index contributed by atoms with van der Waals surface area (Å²) in [5, 5.41) is 10.4. The number of benzene rings is 1. The second-order valence-corrected chi connectivity index (χ2v) is 2.21. The molecule has 4 nitrogen and oxygen atoms in total. The molecule has 4 heteroatoms. The van der Waals surface area contributed by atoms with Crippen LogP contribution in [-0.2, 0) is 0 Å². The van der Waals surface area contributed by atoms with Crippen molar-refractivity contribution in [2.24, 2.45) is 0 Å². The van der Waals surface area contributed by atoms with E-state index in [0.29, 0.717) is 6.29 Å². The zero-order valence-corrected chi connectivity index (χ0v) is 6.11. The van der Waals surface area contributed by atoms with E-state index in [-0.39, 0.29) is 16.8 Å². The van der Waals surface area contributed by atoms with E-state index < -0.39 is 5.97 Å². The highest BCUT2D eigenvalue weighted by Gasteiger charge is 2.03. The van der Waals surface area contributed by atoms with Crippen LogP contribution in [0.5, 0.6) is 0 Å². The Morgan fingerprint density at radius 2 is 2.17 bits per heavy atom. The molecule has 0 unspecified atom stereocenters. The van der Waals surface area contributed by atoms with Crippen molar-refractivity contribution in [2.75, 3.05) is 5.73 Å². The molecule has 1 rings (SSSR count). The number of carboxylic acids is 1. The SMILES string of the molecule is Nc1c(C=O)cccc1C(=O)[O-]. The van der Waals surface area contributed by atoms with E-state index in [4.69, 9.17) is 5.73 Å². The van der Waals surface area contributed by atoms with Gasteiger partial charge < -0.3 is 15.6 Å². The molecule has 12 heavy (non-hydrogen) atoms. The number of para-hydroxylation sites is 1. The first kappa shape index (κ1) is 8.26. The van der Waals surface area contributed by atoms with Crippen LogP contribution in [0.1, 0.15) is 20.7 Å². The number of nitrogen functional groups attached to an aromatic ring is 1. The Morgan fingerprint density at radius 1 is 1.50 bits per heavy atom. The summed E-state index contributed by atoms with van der Waals surface area (Å²) in [5.41, 5.74) is 5.30. The van der Waals surface area contributed by atoms with Gasteiger partial charge in [0.05, 0.1) is 11.7 Å². The maximum absolute atomic E-state index is 10.4. The summed E-state index contributed by atoms with van der Waals surface area (Å²) in [6.07, 6.45) is 0.502. The molecule has 1 aromatic carbocycles. The number of carboxylic acid groups (broad SMARTS) is 1. The minimum absolute atomic E-state index is 0.0486. The van der Waals surface area contributed by atoms with E-state index >= 15 is 0 Å². The number of rotatable bonds is 2. The van der Waals surface area contributed by atoms with Crippen molar-refractivity contribution in [3.63, 3.8) is 0 Å². The number of nitrogens with two attached hydrogens (primary N) is 1. The van der Waals surface area contributed by atoms with Gasteiger partial charge in [-0.2, -0.15) is 0 Å². The van der Waals surface area contributed by atoms with Gasteiger partial charge in [0.2, 0.25) is 0 Å². The fourth-order valence-corrected chi connectivity index (χ4v) is 0.864. The first-order valence-electron chi connectivity index (χ1n) is 3.22. The average molecular weight is 164 g/mol. The normalized spacial score (nSPS) is 9.33. The molecule has 0 saturated carbocycles. The van der Waals surface area contributed by atoms with Crippen molar-refractivity contribution >= 4 is 17.9 Å². The first-order chi connectivity index (χ1) is 5.66. The Labute approximate surface area is 68.6 Å². The molecule has 0 aromatic heterocycles. The van der Waals surface area contributed by atoms with Crippen LogP contribution in [0.25, 0.3) is 0 Å². The molecule has 0 saturated heterocycles. The lowest BCUT2D eigenvalue weighted by molar-refractivity contribution is -0.254. The molecule has 0 fully saturated rings. The Balaban J connectivity index is 3.32. The average Bonchev–Trinajstić information content (AvgIpc) is 2.04. The van der Waals surface area contributed by atoms with Crippen LogP contribution in [0, 0.1) is 0 Å². The van der Waals surface area contributed by atoms with Crippen molar-refractivity contribution in [1.29, 1.82) is 0 Å². The quantitative estimate of drug-likeness (QED) is 0.469. The fraction of sp³-hybridized carbons (Fsp3) is 0. The third-order valence-electron chi connectivity index (χ3n) is 1.49. The van der Waals surface area contributed by atoms with E-state index in [1.165, 1.54) is 18.2 Å². The summed E-state index contributed by atoms with van der Waals surface area (Å²) in [4.78, 5) is 20.7. The third-order valence-corrected chi connectivity index (χ3v) is 1.49. The summed E-state index contributed by atoms with van der Waals surface area (Å²) in [5.74, 6) is -1.38. The second kappa shape index (κ2) is 3.04. The van der Waals surface area contributed by atoms with E-state index in [9.17, 15) is 14.7 Å². The largest absolute Gasteiger partial charge is 0.545 e. The van der Waals surface area contributed by atoms with Crippen LogP contribution in [0.4, 0.5) is 5.69 Å². The highest BCUT2D eigenvalue weighted by molar-refractivity contribution is 5.97. The van der Waals surface area contributed by atoms with Crippen molar-refractivity contribution in [1.82, 2.24) is 0 Å². The molecular weight excluding hydrogens is 158 g/mol. The van der Waals surface area contributed by atoms with Crippen molar-refractivity contribution < 1.29 is 14.7 Å². The predicted octanol–water partition coefficient (Wildman–Crippen LogP) is -0.555. The van der Waals surface area contributed by atoms with Crippen LogP contribution < -0.4 is 10.8 Å². The lowest BCUT2D eigenvalue weighted by atomic mass is 10.1. The molecule has 0 bridgehead atoms. The highest BCUT2D eigenvalue weighted by atomic mass is 16.4. The Morgan fingerprint density at radius 3 is 2.67 bits per heavy atom. The van der Waals surface area contributed by atoms with E-state index in [1.54, 1.807) is 0 Å². The maximum Gasteiger partial charge on any atom is 0.152 e. The van der Waals surface area contributed by atoms with Gasteiger partial charge in [0.25, 0.3) is 0 Å². The molecule has 2 N–H and O–H groups in total. The number of aromatic carboxylic acids is 1. The van der Waals surface area contributed by atoms with Crippen LogP contribution in [-0.4, -0.2) is 12.3 Å². The van der Waals surface area contributed by atoms with Crippen molar-refractivity contribution in [3.05, 3.63) is 29.3 Å². The lowest BCUT2D eigenvalue weighted by Crippen LogP contribution is -2.23. The summed E-state index contributed by atoms with van der Waals surface area (Å²) in [6.45, 7) is 0. The summed E-state index contributed by atoms with van der Waals surface area (Å²) in [7, 11) is 0. The summed E-state index contributed by atoms with van der Waals surface area (Å²) >= 11 is 0. The van der Waals surface area contributed by atoms with Gasteiger partial charge in [-0.15, -0.1) is 0 Å².